The molecule has 1 fully saturated rings. The lowest BCUT2D eigenvalue weighted by molar-refractivity contribution is -0.136. The number of carbonyl (C=O) groups excluding carboxylic acids is 1. The van der Waals surface area contributed by atoms with E-state index < -0.39 is 16.8 Å². The maximum absolute atomic E-state index is 11.6. The molecule has 2 unspecified atom stereocenters. The number of carbonyl (C=O) groups is 2. The van der Waals surface area contributed by atoms with Gasteiger partial charge in [0.15, 0.2) is 0 Å². The number of carboxylic acid groups (broad SMARTS) is 1. The number of aliphatic carboxylic acids is 1. The molecule has 0 aromatic rings. The largest absolute Gasteiger partial charge is 0.480 e. The average molecular weight is 256 g/mol. The Labute approximate surface area is 105 Å². The highest BCUT2D eigenvalue weighted by Crippen LogP contribution is 2.39. The highest BCUT2D eigenvalue weighted by molar-refractivity contribution is 8.01. The van der Waals surface area contributed by atoms with Crippen molar-refractivity contribution in [2.24, 2.45) is 5.92 Å². The van der Waals surface area contributed by atoms with Gasteiger partial charge in [0.05, 0.1) is 17.1 Å². The summed E-state index contributed by atoms with van der Waals surface area (Å²) in [6.45, 7) is 3.25. The quantitative estimate of drug-likeness (QED) is 0.740. The third-order valence-corrected chi connectivity index (χ3v) is 3.97. The molecule has 0 heterocycles. The van der Waals surface area contributed by atoms with E-state index in [4.69, 9.17) is 10.4 Å². The van der Waals surface area contributed by atoms with Crippen LogP contribution in [0.2, 0.25) is 0 Å². The molecule has 0 saturated heterocycles. The van der Waals surface area contributed by atoms with E-state index >= 15 is 0 Å². The Kier molecular flexibility index (Phi) is 4.40. The third kappa shape index (κ3) is 3.93. The minimum atomic E-state index is -0.937. The zero-order valence-corrected chi connectivity index (χ0v) is 10.7. The van der Waals surface area contributed by atoms with Crippen molar-refractivity contribution < 1.29 is 14.7 Å². The van der Waals surface area contributed by atoms with Crippen molar-refractivity contribution in [1.82, 2.24) is 5.32 Å². The van der Waals surface area contributed by atoms with Crippen LogP contribution in [0.4, 0.5) is 0 Å². The van der Waals surface area contributed by atoms with Gasteiger partial charge < -0.3 is 10.4 Å². The first-order valence-electron chi connectivity index (χ1n) is 5.45. The van der Waals surface area contributed by atoms with Crippen LogP contribution in [0.1, 0.15) is 26.7 Å². The third-order valence-electron chi connectivity index (χ3n) is 2.84. The average Bonchev–Trinajstić information content (AvgIpc) is 3.09. The predicted molar refractivity (Wildman–Crippen MR) is 64.4 cm³/mol. The predicted octanol–water partition coefficient (Wildman–Crippen LogP) is 1.00. The van der Waals surface area contributed by atoms with Gasteiger partial charge in [0, 0.05) is 0 Å². The first-order chi connectivity index (χ1) is 7.89. The second-order valence-electron chi connectivity index (χ2n) is 4.43. The maximum Gasteiger partial charge on any atom is 0.316 e. The highest BCUT2D eigenvalue weighted by Gasteiger charge is 2.42. The highest BCUT2D eigenvalue weighted by atomic mass is 32.2. The van der Waals surface area contributed by atoms with Crippen molar-refractivity contribution in [3.63, 3.8) is 0 Å². The molecule has 1 aliphatic rings. The summed E-state index contributed by atoms with van der Waals surface area (Å²) in [4.78, 5) is 22.2. The molecule has 94 valence electrons. The summed E-state index contributed by atoms with van der Waals surface area (Å²) >= 11 is 1.05. The van der Waals surface area contributed by atoms with Crippen molar-refractivity contribution in [1.29, 1.82) is 5.26 Å². The molecular formula is C11H16N2O3S. The van der Waals surface area contributed by atoms with Crippen LogP contribution >= 0.6 is 11.8 Å². The van der Waals surface area contributed by atoms with Crippen LogP contribution in [-0.2, 0) is 9.59 Å². The van der Waals surface area contributed by atoms with E-state index in [1.54, 1.807) is 6.92 Å². The Morgan fingerprint density at radius 1 is 1.65 bits per heavy atom. The van der Waals surface area contributed by atoms with Crippen LogP contribution in [0.3, 0.4) is 0 Å². The number of nitrogens with one attached hydrogen (secondary N) is 1. The molecule has 0 spiro atoms. The van der Waals surface area contributed by atoms with E-state index in [-0.39, 0.29) is 17.6 Å². The molecule has 0 radical (unpaired) electrons. The van der Waals surface area contributed by atoms with Crippen LogP contribution in [0.25, 0.3) is 0 Å². The van der Waals surface area contributed by atoms with Crippen molar-refractivity contribution in [3.8, 4) is 6.07 Å². The molecular weight excluding hydrogens is 240 g/mol. The van der Waals surface area contributed by atoms with Gasteiger partial charge in [-0.2, -0.15) is 5.26 Å². The zero-order valence-electron chi connectivity index (χ0n) is 9.90. The van der Waals surface area contributed by atoms with Crippen molar-refractivity contribution in [3.05, 3.63) is 0 Å². The minimum absolute atomic E-state index is 0.0669. The molecule has 0 bridgehead atoms. The van der Waals surface area contributed by atoms with Gasteiger partial charge in [-0.3, -0.25) is 9.59 Å². The maximum atomic E-state index is 11.6. The Hall–Kier alpha value is -1.22. The van der Waals surface area contributed by atoms with Crippen molar-refractivity contribution in [2.75, 3.05) is 5.75 Å². The monoisotopic (exact) mass is 256 g/mol. The van der Waals surface area contributed by atoms with Gasteiger partial charge in [0.1, 0.15) is 5.54 Å². The summed E-state index contributed by atoms with van der Waals surface area (Å²) in [7, 11) is 0. The lowest BCUT2D eigenvalue weighted by atomic mass is 9.98. The summed E-state index contributed by atoms with van der Waals surface area (Å²) in [5.41, 5.74) is -0.801. The fraction of sp³-hybridized carbons (Fsp3) is 0.727. The first-order valence-corrected chi connectivity index (χ1v) is 6.50. The van der Waals surface area contributed by atoms with Crippen LogP contribution in [-0.4, -0.2) is 33.5 Å². The van der Waals surface area contributed by atoms with Gasteiger partial charge in [0.25, 0.3) is 0 Å². The summed E-state index contributed by atoms with van der Waals surface area (Å²) in [6.07, 6.45) is 1.92. The molecule has 1 amide bonds. The lowest BCUT2D eigenvalue weighted by Gasteiger charge is -2.22. The molecule has 1 aliphatic carbocycles. The van der Waals surface area contributed by atoms with Gasteiger partial charge in [-0.1, -0.05) is 0 Å². The van der Waals surface area contributed by atoms with E-state index in [0.29, 0.717) is 0 Å². The number of nitriles is 1. The molecule has 2 atom stereocenters. The molecule has 2 N–H and O–H groups in total. The molecule has 17 heavy (non-hydrogen) atoms. The van der Waals surface area contributed by atoms with Gasteiger partial charge in [-0.05, 0) is 32.6 Å². The van der Waals surface area contributed by atoms with Gasteiger partial charge in [0.2, 0.25) is 5.91 Å². The minimum Gasteiger partial charge on any atom is -0.480 e. The molecule has 1 saturated carbocycles. The summed E-state index contributed by atoms with van der Waals surface area (Å²) in [5.74, 6) is -0.914. The number of hydrogen-bond acceptors (Lipinski definition) is 4. The molecule has 0 aromatic heterocycles. The second-order valence-corrected chi connectivity index (χ2v) is 5.76. The van der Waals surface area contributed by atoms with Crippen LogP contribution in [0.5, 0.6) is 0 Å². The van der Waals surface area contributed by atoms with E-state index in [9.17, 15) is 9.59 Å². The smallest absolute Gasteiger partial charge is 0.316 e. The van der Waals surface area contributed by atoms with E-state index in [0.717, 1.165) is 24.6 Å². The number of carboxylic acids is 1. The Bertz CT molecular complexity index is 362. The van der Waals surface area contributed by atoms with Crippen LogP contribution < -0.4 is 5.32 Å². The topological polar surface area (TPSA) is 90.2 Å². The van der Waals surface area contributed by atoms with Crippen LogP contribution in [0, 0.1) is 17.2 Å². The molecule has 1 rings (SSSR count). The second kappa shape index (κ2) is 5.41. The lowest BCUT2D eigenvalue weighted by Crippen LogP contribution is -2.47. The normalized spacial score (nSPS) is 19.8. The number of thioether (sulfide) groups is 1. The molecule has 0 aromatic carbocycles. The fourth-order valence-electron chi connectivity index (χ4n) is 1.48. The number of rotatable bonds is 6. The Morgan fingerprint density at radius 2 is 2.24 bits per heavy atom. The van der Waals surface area contributed by atoms with E-state index in [1.807, 2.05) is 0 Å². The first kappa shape index (κ1) is 13.8. The summed E-state index contributed by atoms with van der Waals surface area (Å²) < 4.78 is 0. The SMILES string of the molecule is CC(SCC(=O)NC(C)(C#N)C1CC1)C(=O)O. The van der Waals surface area contributed by atoms with E-state index in [2.05, 4.69) is 11.4 Å². The van der Waals surface area contributed by atoms with Crippen molar-refractivity contribution >= 4 is 23.6 Å². The number of hydrogen-bond donors (Lipinski definition) is 2. The Balaban J connectivity index is 2.39. The molecule has 6 heteroatoms. The summed E-state index contributed by atoms with van der Waals surface area (Å²) in [5, 5.41) is 19.8. The molecule has 5 nitrogen and oxygen atoms in total. The molecule has 0 aliphatic heterocycles. The zero-order chi connectivity index (χ0) is 13.1. The van der Waals surface area contributed by atoms with E-state index in [1.165, 1.54) is 6.92 Å². The summed E-state index contributed by atoms with van der Waals surface area (Å²) in [6, 6.07) is 2.12. The van der Waals surface area contributed by atoms with Gasteiger partial charge >= 0.3 is 5.97 Å². The number of nitrogens with zero attached hydrogens (tertiary/aromatic N) is 1. The van der Waals surface area contributed by atoms with Gasteiger partial charge in [-0.25, -0.2) is 0 Å². The fourth-order valence-corrected chi connectivity index (χ4v) is 2.10. The Morgan fingerprint density at radius 3 is 2.65 bits per heavy atom. The number of amides is 1. The van der Waals surface area contributed by atoms with Crippen molar-refractivity contribution in [2.45, 2.75) is 37.5 Å². The van der Waals surface area contributed by atoms with Gasteiger partial charge in [-0.15, -0.1) is 11.8 Å². The standard InChI is InChI=1S/C11H16N2O3S/c1-7(10(15)16)17-5-9(14)13-11(2,6-12)8-3-4-8/h7-8H,3-5H2,1-2H3,(H,13,14)(H,15,16). The van der Waals surface area contributed by atoms with Crippen LogP contribution in [0.15, 0.2) is 0 Å².